The van der Waals surface area contributed by atoms with E-state index in [-0.39, 0.29) is 11.7 Å². The molecule has 2 heterocycles. The van der Waals surface area contributed by atoms with Crippen LogP contribution in [0.5, 0.6) is 0 Å². The van der Waals surface area contributed by atoms with Gasteiger partial charge < -0.3 is 9.73 Å². The molecule has 1 aliphatic rings. The average molecular weight is 378 g/mol. The zero-order valence-corrected chi connectivity index (χ0v) is 15.6. The monoisotopic (exact) mass is 378 g/mol. The maximum absolute atomic E-state index is 13.3. The molecule has 1 amide bonds. The van der Waals surface area contributed by atoms with E-state index in [1.165, 1.54) is 17.7 Å². The molecule has 1 fully saturated rings. The summed E-state index contributed by atoms with van der Waals surface area (Å²) in [6.07, 6.45) is 3.52. The molecule has 0 radical (unpaired) electrons. The molecule has 1 aromatic heterocycles. The lowest BCUT2D eigenvalue weighted by molar-refractivity contribution is 0.0993. The summed E-state index contributed by atoms with van der Waals surface area (Å²) in [5, 5.41) is 2.72. The van der Waals surface area contributed by atoms with Crippen molar-refractivity contribution in [3.05, 3.63) is 89.6 Å². The molecular formula is C23H23FN2O2. The number of anilines is 1. The minimum atomic E-state index is -0.386. The number of piperidine rings is 1. The number of furan rings is 1. The van der Waals surface area contributed by atoms with Crippen LogP contribution < -0.4 is 5.32 Å². The van der Waals surface area contributed by atoms with E-state index in [4.69, 9.17) is 4.42 Å². The number of amides is 1. The fourth-order valence-electron chi connectivity index (χ4n) is 3.82. The van der Waals surface area contributed by atoms with E-state index in [1.54, 1.807) is 18.4 Å². The van der Waals surface area contributed by atoms with Gasteiger partial charge in [-0.3, -0.25) is 9.69 Å². The average Bonchev–Trinajstić information content (AvgIpc) is 3.19. The van der Waals surface area contributed by atoms with Crippen LogP contribution in [-0.4, -0.2) is 23.9 Å². The van der Waals surface area contributed by atoms with Gasteiger partial charge in [0.05, 0.1) is 6.26 Å². The number of rotatable bonds is 5. The molecule has 144 valence electrons. The van der Waals surface area contributed by atoms with Gasteiger partial charge >= 0.3 is 0 Å². The van der Waals surface area contributed by atoms with Gasteiger partial charge in [-0.1, -0.05) is 36.4 Å². The molecule has 0 spiro atoms. The van der Waals surface area contributed by atoms with Gasteiger partial charge in [0.2, 0.25) is 0 Å². The first kappa shape index (κ1) is 18.4. The Morgan fingerprint density at radius 2 is 1.86 bits per heavy atom. The second-order valence-corrected chi connectivity index (χ2v) is 7.21. The van der Waals surface area contributed by atoms with E-state index in [0.29, 0.717) is 17.4 Å². The summed E-state index contributed by atoms with van der Waals surface area (Å²) in [4.78, 5) is 15.1. The minimum absolute atomic E-state index is 0.291. The lowest BCUT2D eigenvalue weighted by atomic mass is 9.89. The third-order valence-corrected chi connectivity index (χ3v) is 5.26. The first-order chi connectivity index (χ1) is 13.7. The number of carbonyl (C=O) groups excluding carboxylic acids is 1. The number of hydrogen-bond acceptors (Lipinski definition) is 3. The van der Waals surface area contributed by atoms with Crippen LogP contribution >= 0.6 is 0 Å². The molecule has 5 heteroatoms. The van der Waals surface area contributed by atoms with Crippen LogP contribution in [0.25, 0.3) is 0 Å². The van der Waals surface area contributed by atoms with E-state index in [2.05, 4.69) is 34.5 Å². The highest BCUT2D eigenvalue weighted by Crippen LogP contribution is 2.32. The van der Waals surface area contributed by atoms with E-state index in [1.807, 2.05) is 12.1 Å². The van der Waals surface area contributed by atoms with Crippen LogP contribution in [-0.2, 0) is 6.54 Å². The molecule has 1 aliphatic heterocycles. The summed E-state index contributed by atoms with van der Waals surface area (Å²) in [6.45, 7) is 2.91. The second kappa shape index (κ2) is 8.40. The standard InChI is InChI=1S/C23H23FN2O2/c24-19-7-4-8-20(15-19)25-23(27)22-21(11-14-28-22)18-9-12-26(13-10-18)16-17-5-2-1-3-6-17/h1-8,11,14-15,18H,9-10,12-13,16H2,(H,25,27). The Kier molecular flexibility index (Phi) is 5.53. The molecule has 0 unspecified atom stereocenters. The number of nitrogens with zero attached hydrogens (tertiary/aromatic N) is 1. The fraction of sp³-hybridized carbons (Fsp3) is 0.261. The van der Waals surface area contributed by atoms with E-state index in [0.717, 1.165) is 38.0 Å². The molecular weight excluding hydrogens is 355 g/mol. The Labute approximate surface area is 164 Å². The SMILES string of the molecule is O=C(Nc1cccc(F)c1)c1occc1C1CCN(Cc2ccccc2)CC1. The number of nitrogens with one attached hydrogen (secondary N) is 1. The Morgan fingerprint density at radius 1 is 1.07 bits per heavy atom. The number of likely N-dealkylation sites (tertiary alicyclic amines) is 1. The number of benzene rings is 2. The Hall–Kier alpha value is -2.92. The van der Waals surface area contributed by atoms with Crippen molar-refractivity contribution >= 4 is 11.6 Å². The Bertz CT molecular complexity index is 931. The summed E-state index contributed by atoms with van der Waals surface area (Å²) >= 11 is 0. The zero-order valence-electron chi connectivity index (χ0n) is 15.6. The third-order valence-electron chi connectivity index (χ3n) is 5.26. The smallest absolute Gasteiger partial charge is 0.291 e. The van der Waals surface area contributed by atoms with Crippen LogP contribution in [0.3, 0.4) is 0 Å². The van der Waals surface area contributed by atoms with Crippen molar-refractivity contribution in [2.24, 2.45) is 0 Å². The Balaban J connectivity index is 1.38. The van der Waals surface area contributed by atoms with Gasteiger partial charge in [0.15, 0.2) is 5.76 Å². The van der Waals surface area contributed by atoms with Crippen molar-refractivity contribution in [2.45, 2.75) is 25.3 Å². The highest BCUT2D eigenvalue weighted by molar-refractivity contribution is 6.03. The highest BCUT2D eigenvalue weighted by Gasteiger charge is 2.26. The van der Waals surface area contributed by atoms with Crippen molar-refractivity contribution in [2.75, 3.05) is 18.4 Å². The maximum atomic E-state index is 13.3. The fourth-order valence-corrected chi connectivity index (χ4v) is 3.82. The predicted molar refractivity (Wildman–Crippen MR) is 107 cm³/mol. The van der Waals surface area contributed by atoms with Crippen LogP contribution in [0.2, 0.25) is 0 Å². The van der Waals surface area contributed by atoms with Crippen LogP contribution in [0.4, 0.5) is 10.1 Å². The quantitative estimate of drug-likeness (QED) is 0.676. The van der Waals surface area contributed by atoms with Crippen LogP contribution in [0, 0.1) is 5.82 Å². The second-order valence-electron chi connectivity index (χ2n) is 7.21. The molecule has 0 bridgehead atoms. The van der Waals surface area contributed by atoms with E-state index in [9.17, 15) is 9.18 Å². The van der Waals surface area contributed by atoms with Crippen molar-refractivity contribution < 1.29 is 13.6 Å². The molecule has 3 aromatic rings. The summed E-state index contributed by atoms with van der Waals surface area (Å²) in [6, 6.07) is 18.2. The zero-order chi connectivity index (χ0) is 19.3. The van der Waals surface area contributed by atoms with E-state index >= 15 is 0 Å². The highest BCUT2D eigenvalue weighted by atomic mass is 19.1. The van der Waals surface area contributed by atoms with Crippen LogP contribution in [0.15, 0.2) is 71.3 Å². The van der Waals surface area contributed by atoms with Gasteiger partial charge in [0.25, 0.3) is 5.91 Å². The third kappa shape index (κ3) is 4.31. The minimum Gasteiger partial charge on any atom is -0.459 e. The summed E-state index contributed by atoms with van der Waals surface area (Å²) in [5.41, 5.74) is 2.68. The lowest BCUT2D eigenvalue weighted by Crippen LogP contribution is -2.32. The Morgan fingerprint density at radius 3 is 2.61 bits per heavy atom. The van der Waals surface area contributed by atoms with Crippen molar-refractivity contribution in [1.29, 1.82) is 0 Å². The first-order valence-electron chi connectivity index (χ1n) is 9.59. The predicted octanol–water partition coefficient (Wildman–Crippen LogP) is 5.05. The molecule has 28 heavy (non-hydrogen) atoms. The number of carbonyl (C=O) groups is 1. The molecule has 0 atom stereocenters. The number of halogens is 1. The number of hydrogen-bond donors (Lipinski definition) is 1. The largest absolute Gasteiger partial charge is 0.459 e. The molecule has 0 saturated carbocycles. The molecule has 2 aromatic carbocycles. The van der Waals surface area contributed by atoms with E-state index < -0.39 is 0 Å². The van der Waals surface area contributed by atoms with Gasteiger partial charge in [-0.05, 0) is 61.7 Å². The van der Waals surface area contributed by atoms with Crippen molar-refractivity contribution in [1.82, 2.24) is 4.90 Å². The topological polar surface area (TPSA) is 45.5 Å². The maximum Gasteiger partial charge on any atom is 0.291 e. The normalized spacial score (nSPS) is 15.5. The van der Waals surface area contributed by atoms with Gasteiger partial charge in [0, 0.05) is 17.8 Å². The summed E-state index contributed by atoms with van der Waals surface area (Å²) in [5.74, 6) is -0.106. The van der Waals surface area contributed by atoms with Gasteiger partial charge in [0.1, 0.15) is 5.82 Å². The van der Waals surface area contributed by atoms with Gasteiger partial charge in [-0.25, -0.2) is 4.39 Å². The first-order valence-corrected chi connectivity index (χ1v) is 9.59. The van der Waals surface area contributed by atoms with Gasteiger partial charge in [-0.15, -0.1) is 0 Å². The summed E-state index contributed by atoms with van der Waals surface area (Å²) in [7, 11) is 0. The van der Waals surface area contributed by atoms with Gasteiger partial charge in [-0.2, -0.15) is 0 Å². The van der Waals surface area contributed by atoms with Crippen LogP contribution in [0.1, 0.15) is 40.4 Å². The molecule has 4 nitrogen and oxygen atoms in total. The lowest BCUT2D eigenvalue weighted by Gasteiger charge is -2.31. The summed E-state index contributed by atoms with van der Waals surface area (Å²) < 4.78 is 18.8. The van der Waals surface area contributed by atoms with Crippen molar-refractivity contribution in [3.8, 4) is 0 Å². The van der Waals surface area contributed by atoms with Crippen molar-refractivity contribution in [3.63, 3.8) is 0 Å². The molecule has 4 rings (SSSR count). The molecule has 1 saturated heterocycles. The molecule has 1 N–H and O–H groups in total. The molecule has 0 aliphatic carbocycles.